The van der Waals surface area contributed by atoms with Crippen molar-refractivity contribution in [3.05, 3.63) is 35.4 Å². The minimum absolute atomic E-state index is 0.260. The van der Waals surface area contributed by atoms with Crippen molar-refractivity contribution in [3.63, 3.8) is 0 Å². The van der Waals surface area contributed by atoms with Crippen LogP contribution in [0.2, 0.25) is 51.4 Å². The lowest BCUT2D eigenvalue weighted by molar-refractivity contribution is 0.0488. The summed E-state index contributed by atoms with van der Waals surface area (Å²) in [5.74, 6) is -0.260. The molecule has 5 nitrogen and oxygen atoms in total. The molecule has 0 saturated heterocycles. The molecule has 0 aliphatic carbocycles. The Kier molecular flexibility index (Phi) is 10.1. The molecule has 0 aliphatic rings. The van der Waals surface area contributed by atoms with Crippen molar-refractivity contribution < 1.29 is 22.9 Å². The first-order valence-electron chi connectivity index (χ1n) is 11.3. The number of aliphatic hydroxyl groups is 1. The van der Waals surface area contributed by atoms with Crippen LogP contribution in [0.15, 0.2) is 24.3 Å². The largest absolute Gasteiger partial charge is 0.436 e. The van der Waals surface area contributed by atoms with Crippen molar-refractivity contribution in [2.75, 3.05) is 13.2 Å². The summed E-state index contributed by atoms with van der Waals surface area (Å²) in [4.78, 5) is 12.1. The van der Waals surface area contributed by atoms with Crippen LogP contribution in [0.5, 0.6) is 0 Å². The molecule has 8 heteroatoms. The molecule has 0 aliphatic heterocycles. The molecule has 31 heavy (non-hydrogen) atoms. The summed E-state index contributed by atoms with van der Waals surface area (Å²) in [7, 11) is -5.76. The van der Waals surface area contributed by atoms with Crippen LogP contribution in [0.1, 0.15) is 43.1 Å². The molecule has 0 fully saturated rings. The molecule has 178 valence electrons. The SMILES string of the molecule is CC(COCCCc1ccc(C(=O)C(C)(C)O)cc1)[Si](C)(O[Si](C)(C)C)O[Si](C)(C)C. The van der Waals surface area contributed by atoms with Crippen molar-refractivity contribution in [2.45, 2.75) is 90.6 Å². The van der Waals surface area contributed by atoms with Crippen molar-refractivity contribution in [3.8, 4) is 0 Å². The van der Waals surface area contributed by atoms with Crippen molar-refractivity contribution in [1.82, 2.24) is 0 Å². The molecule has 1 atom stereocenters. The maximum absolute atomic E-state index is 12.1. The van der Waals surface area contributed by atoms with Gasteiger partial charge in [-0.2, -0.15) is 0 Å². The van der Waals surface area contributed by atoms with Crippen molar-refractivity contribution >= 4 is 31.0 Å². The van der Waals surface area contributed by atoms with E-state index in [0.29, 0.717) is 18.8 Å². The van der Waals surface area contributed by atoms with Gasteiger partial charge in [-0.05, 0) is 78.1 Å². The number of benzene rings is 1. The fourth-order valence-electron chi connectivity index (χ4n) is 3.40. The predicted molar refractivity (Wildman–Crippen MR) is 136 cm³/mol. The Balaban J connectivity index is 2.54. The zero-order valence-corrected chi connectivity index (χ0v) is 24.3. The minimum atomic E-state index is -2.33. The summed E-state index contributed by atoms with van der Waals surface area (Å²) >= 11 is 0. The van der Waals surface area contributed by atoms with Crippen LogP contribution < -0.4 is 0 Å². The van der Waals surface area contributed by atoms with Gasteiger partial charge in [0.25, 0.3) is 0 Å². The highest BCUT2D eigenvalue weighted by Gasteiger charge is 2.44. The van der Waals surface area contributed by atoms with Crippen LogP contribution in [-0.2, 0) is 19.4 Å². The number of hydrogen-bond donors (Lipinski definition) is 1. The number of ketones is 1. The van der Waals surface area contributed by atoms with Gasteiger partial charge in [0.1, 0.15) is 5.60 Å². The topological polar surface area (TPSA) is 65.0 Å². The molecule has 0 heterocycles. The van der Waals surface area contributed by atoms with E-state index in [0.717, 1.165) is 18.4 Å². The summed E-state index contributed by atoms with van der Waals surface area (Å²) in [6.45, 7) is 22.1. The van der Waals surface area contributed by atoms with Crippen molar-refractivity contribution in [1.29, 1.82) is 0 Å². The molecule has 0 aromatic heterocycles. The molecule has 1 aromatic rings. The molecule has 1 unspecified atom stereocenters. The van der Waals surface area contributed by atoms with E-state index in [1.54, 1.807) is 12.1 Å². The minimum Gasteiger partial charge on any atom is -0.436 e. The van der Waals surface area contributed by atoms with E-state index in [9.17, 15) is 9.90 Å². The van der Waals surface area contributed by atoms with E-state index in [4.69, 9.17) is 13.0 Å². The summed E-state index contributed by atoms with van der Waals surface area (Å²) < 4.78 is 19.2. The van der Waals surface area contributed by atoms with E-state index in [2.05, 4.69) is 52.8 Å². The van der Waals surface area contributed by atoms with E-state index in [1.165, 1.54) is 13.8 Å². The highest BCUT2D eigenvalue weighted by atomic mass is 28.5. The van der Waals surface area contributed by atoms with Gasteiger partial charge in [0, 0.05) is 17.7 Å². The third-order valence-corrected chi connectivity index (χ3v) is 14.9. The van der Waals surface area contributed by atoms with Crippen molar-refractivity contribution in [2.24, 2.45) is 0 Å². The zero-order valence-electron chi connectivity index (χ0n) is 21.3. The lowest BCUT2D eigenvalue weighted by atomic mass is 9.95. The Morgan fingerprint density at radius 1 is 0.968 bits per heavy atom. The number of ether oxygens (including phenoxy) is 1. The number of Topliss-reactive ketones (excluding diaryl/α,β-unsaturated/α-hetero) is 1. The zero-order chi connectivity index (χ0) is 24.1. The number of aryl methyl sites for hydroxylation is 1. The second-order valence-corrected chi connectivity index (χ2v) is 24.2. The lowest BCUT2D eigenvalue weighted by Gasteiger charge is -2.41. The number of rotatable bonds is 13. The Hall–Kier alpha value is -0.619. The van der Waals surface area contributed by atoms with Crippen LogP contribution in [-0.4, -0.2) is 54.9 Å². The average Bonchev–Trinajstić information content (AvgIpc) is 2.57. The standard InChI is InChI=1S/C23H44O5Si3/c1-19(31(10,27-29(4,5)6)28-30(7,8)9)18-26-17-11-12-20-13-15-21(16-14-20)22(24)23(2,3)25/h13-16,19,25H,11-12,17-18H2,1-10H3. The highest BCUT2D eigenvalue weighted by Crippen LogP contribution is 2.31. The smallest absolute Gasteiger partial charge is 0.319 e. The summed E-state index contributed by atoms with van der Waals surface area (Å²) in [5, 5.41) is 9.86. The molecule has 1 aromatic carbocycles. The average molecular weight is 485 g/mol. The maximum atomic E-state index is 12.1. The van der Waals surface area contributed by atoms with Gasteiger partial charge in [-0.15, -0.1) is 0 Å². The number of carbonyl (C=O) groups excluding carboxylic acids is 1. The monoisotopic (exact) mass is 484 g/mol. The van der Waals surface area contributed by atoms with Crippen LogP contribution in [0.25, 0.3) is 0 Å². The predicted octanol–water partition coefficient (Wildman–Crippen LogP) is 5.75. The van der Waals surface area contributed by atoms with Crippen LogP contribution >= 0.6 is 0 Å². The van der Waals surface area contributed by atoms with E-state index >= 15 is 0 Å². The maximum Gasteiger partial charge on any atom is 0.319 e. The second-order valence-electron chi connectivity index (χ2n) is 11.1. The van der Waals surface area contributed by atoms with Gasteiger partial charge in [-0.1, -0.05) is 31.2 Å². The summed E-state index contributed by atoms with van der Waals surface area (Å²) in [5.41, 5.74) is 0.614. The molecular weight excluding hydrogens is 441 g/mol. The lowest BCUT2D eigenvalue weighted by Crippen LogP contribution is -2.55. The Morgan fingerprint density at radius 3 is 1.87 bits per heavy atom. The molecule has 0 radical (unpaired) electrons. The molecule has 1 rings (SSSR count). The number of carbonyl (C=O) groups is 1. The third kappa shape index (κ3) is 10.7. The quantitative estimate of drug-likeness (QED) is 0.219. The van der Waals surface area contributed by atoms with Gasteiger partial charge >= 0.3 is 8.56 Å². The highest BCUT2D eigenvalue weighted by molar-refractivity contribution is 6.88. The first-order valence-corrected chi connectivity index (χ1v) is 20.5. The van der Waals surface area contributed by atoms with E-state index in [1.807, 2.05) is 12.1 Å². The third-order valence-electron chi connectivity index (χ3n) is 4.81. The normalized spacial score (nSPS) is 14.5. The molecule has 1 N–H and O–H groups in total. The van der Waals surface area contributed by atoms with Gasteiger partial charge in [0.2, 0.25) is 0 Å². The Morgan fingerprint density at radius 2 is 1.45 bits per heavy atom. The fourth-order valence-corrected chi connectivity index (χ4v) is 15.7. The van der Waals surface area contributed by atoms with Gasteiger partial charge < -0.3 is 18.1 Å². The van der Waals surface area contributed by atoms with Gasteiger partial charge in [-0.3, -0.25) is 4.79 Å². The first kappa shape index (κ1) is 28.4. The second kappa shape index (κ2) is 11.0. The molecular formula is C23H44O5Si3. The number of hydrogen-bond acceptors (Lipinski definition) is 5. The van der Waals surface area contributed by atoms with E-state index < -0.39 is 30.8 Å². The van der Waals surface area contributed by atoms with Crippen LogP contribution in [0.3, 0.4) is 0 Å². The van der Waals surface area contributed by atoms with Gasteiger partial charge in [0.05, 0.1) is 6.61 Å². The molecule has 0 amide bonds. The van der Waals surface area contributed by atoms with E-state index in [-0.39, 0.29) is 11.3 Å². The summed E-state index contributed by atoms with van der Waals surface area (Å²) in [6.07, 6.45) is 1.80. The van der Waals surface area contributed by atoms with Gasteiger partial charge in [-0.25, -0.2) is 0 Å². The Bertz CT molecular complexity index is 684. The molecule has 0 spiro atoms. The van der Waals surface area contributed by atoms with Gasteiger partial charge in [0.15, 0.2) is 22.4 Å². The Labute approximate surface area is 193 Å². The molecule has 0 bridgehead atoms. The summed E-state index contributed by atoms with van der Waals surface area (Å²) in [6, 6.07) is 7.48. The van der Waals surface area contributed by atoms with Crippen LogP contribution in [0, 0.1) is 0 Å². The molecule has 0 saturated carbocycles. The fraction of sp³-hybridized carbons (Fsp3) is 0.696. The first-order chi connectivity index (χ1) is 13.9. The van der Waals surface area contributed by atoms with Crippen LogP contribution in [0.4, 0.5) is 0 Å².